The molecule has 0 spiro atoms. The van der Waals surface area contributed by atoms with E-state index < -0.39 is 28.0 Å². The summed E-state index contributed by atoms with van der Waals surface area (Å²) in [6, 6.07) is 9.22. The molecule has 4 atom stereocenters. The van der Waals surface area contributed by atoms with E-state index >= 15 is 0 Å². The lowest BCUT2D eigenvalue weighted by molar-refractivity contribution is -0.120. The molecule has 1 saturated carbocycles. The number of nitrogens with one attached hydrogen (secondary N) is 1. The molecule has 0 unspecified atom stereocenters. The highest BCUT2D eigenvalue weighted by molar-refractivity contribution is 7.89. The van der Waals surface area contributed by atoms with E-state index in [1.165, 1.54) is 23.5 Å². The fourth-order valence-corrected chi connectivity index (χ4v) is 7.39. The predicted octanol–water partition coefficient (Wildman–Crippen LogP) is 5.46. The van der Waals surface area contributed by atoms with Crippen LogP contribution in [0.1, 0.15) is 82.5 Å². The van der Waals surface area contributed by atoms with Crippen molar-refractivity contribution in [3.05, 3.63) is 53.8 Å². The SMILES string of the molecule is C[C@@H]1CCCCO[C@@H](CN(C)S(=O)(=O)c2ccc(F)cc2)[C@H](C)CN([C@H](C)CO)C(=O)c2cc(NC(=O)C3CCCCC3)ccc2O1. The average molecular weight is 676 g/mol. The van der Waals surface area contributed by atoms with E-state index in [4.69, 9.17) is 9.47 Å². The van der Waals surface area contributed by atoms with Crippen LogP contribution < -0.4 is 10.1 Å². The molecule has 0 saturated heterocycles. The summed E-state index contributed by atoms with van der Waals surface area (Å²) in [7, 11) is -2.48. The molecule has 260 valence electrons. The van der Waals surface area contributed by atoms with E-state index in [9.17, 15) is 27.5 Å². The van der Waals surface area contributed by atoms with Crippen molar-refractivity contribution < 1.29 is 37.0 Å². The van der Waals surface area contributed by atoms with Gasteiger partial charge in [0.25, 0.3) is 5.91 Å². The number of nitrogens with zero attached hydrogens (tertiary/aromatic N) is 2. The number of carbonyl (C=O) groups excluding carboxylic acids is 2. The van der Waals surface area contributed by atoms with Gasteiger partial charge in [-0.3, -0.25) is 9.59 Å². The number of benzene rings is 2. The maximum atomic E-state index is 14.3. The first-order valence-electron chi connectivity index (χ1n) is 16.8. The Morgan fingerprint density at radius 1 is 1.06 bits per heavy atom. The predicted molar refractivity (Wildman–Crippen MR) is 178 cm³/mol. The molecule has 1 aliphatic carbocycles. The van der Waals surface area contributed by atoms with Gasteiger partial charge in [0.1, 0.15) is 11.6 Å². The van der Waals surface area contributed by atoms with Gasteiger partial charge in [0.05, 0.1) is 35.3 Å². The monoisotopic (exact) mass is 675 g/mol. The number of hydrogen-bond donors (Lipinski definition) is 2. The van der Waals surface area contributed by atoms with Gasteiger partial charge in [-0.1, -0.05) is 26.2 Å². The Morgan fingerprint density at radius 2 is 1.74 bits per heavy atom. The molecule has 1 fully saturated rings. The van der Waals surface area contributed by atoms with Crippen molar-refractivity contribution in [2.45, 2.75) is 95.3 Å². The molecule has 12 heteroatoms. The van der Waals surface area contributed by atoms with E-state index in [0.717, 1.165) is 57.1 Å². The van der Waals surface area contributed by atoms with E-state index in [1.54, 1.807) is 30.0 Å². The number of halogens is 1. The molecular weight excluding hydrogens is 625 g/mol. The Kier molecular flexibility index (Phi) is 13.2. The maximum Gasteiger partial charge on any atom is 0.258 e. The zero-order valence-corrected chi connectivity index (χ0v) is 28.8. The number of aliphatic hydroxyl groups excluding tert-OH is 1. The van der Waals surface area contributed by atoms with Gasteiger partial charge in [0.15, 0.2) is 0 Å². The zero-order valence-electron chi connectivity index (χ0n) is 28.0. The van der Waals surface area contributed by atoms with Crippen LogP contribution in [-0.4, -0.2) is 86.1 Å². The lowest BCUT2D eigenvalue weighted by atomic mass is 9.88. The van der Waals surface area contributed by atoms with Crippen LogP contribution in [0.2, 0.25) is 0 Å². The minimum Gasteiger partial charge on any atom is -0.490 e. The minimum absolute atomic E-state index is 0.00383. The molecule has 0 bridgehead atoms. The third-order valence-electron chi connectivity index (χ3n) is 9.25. The maximum absolute atomic E-state index is 14.3. The van der Waals surface area contributed by atoms with E-state index in [2.05, 4.69) is 5.32 Å². The number of likely N-dealkylation sites (N-methyl/N-ethyl adjacent to an activating group) is 1. The van der Waals surface area contributed by atoms with E-state index in [-0.39, 0.29) is 59.9 Å². The summed E-state index contributed by atoms with van der Waals surface area (Å²) >= 11 is 0. The molecule has 47 heavy (non-hydrogen) atoms. The zero-order chi connectivity index (χ0) is 34.1. The van der Waals surface area contributed by atoms with Crippen LogP contribution >= 0.6 is 0 Å². The molecule has 2 amide bonds. The van der Waals surface area contributed by atoms with Crippen molar-refractivity contribution in [2.75, 3.05) is 38.7 Å². The van der Waals surface area contributed by atoms with Gasteiger partial charge in [-0.2, -0.15) is 4.31 Å². The van der Waals surface area contributed by atoms with E-state index in [0.29, 0.717) is 24.5 Å². The lowest BCUT2D eigenvalue weighted by Gasteiger charge is -2.35. The Morgan fingerprint density at radius 3 is 2.43 bits per heavy atom. The third-order valence-corrected chi connectivity index (χ3v) is 11.1. The number of sulfonamides is 1. The average Bonchev–Trinajstić information content (AvgIpc) is 3.06. The summed E-state index contributed by atoms with van der Waals surface area (Å²) in [4.78, 5) is 28.9. The molecule has 10 nitrogen and oxygen atoms in total. The molecule has 4 rings (SSSR count). The van der Waals surface area contributed by atoms with Gasteiger partial charge in [-0.15, -0.1) is 0 Å². The molecule has 0 radical (unpaired) electrons. The fourth-order valence-electron chi connectivity index (χ4n) is 6.21. The third kappa shape index (κ3) is 9.74. The molecule has 0 aromatic heterocycles. The van der Waals surface area contributed by atoms with Crippen molar-refractivity contribution in [2.24, 2.45) is 11.8 Å². The van der Waals surface area contributed by atoms with Gasteiger partial charge in [-0.05, 0) is 88.4 Å². The number of aliphatic hydroxyl groups is 1. The van der Waals surface area contributed by atoms with Crippen molar-refractivity contribution >= 4 is 27.5 Å². The number of anilines is 1. The molecule has 1 heterocycles. The smallest absolute Gasteiger partial charge is 0.258 e. The normalized spacial score (nSPS) is 23.0. The lowest BCUT2D eigenvalue weighted by Crippen LogP contribution is -2.48. The van der Waals surface area contributed by atoms with Crippen LogP contribution in [0.15, 0.2) is 47.4 Å². The number of ether oxygens (including phenoxy) is 2. The number of rotatable bonds is 8. The summed E-state index contributed by atoms with van der Waals surface area (Å²) < 4.78 is 53.9. The fraction of sp³-hybridized carbons (Fsp3) is 0.600. The second-order valence-corrected chi connectivity index (χ2v) is 15.1. The quantitative estimate of drug-likeness (QED) is 0.381. The van der Waals surface area contributed by atoms with Gasteiger partial charge in [0, 0.05) is 44.3 Å². The Bertz CT molecular complexity index is 1450. The molecular formula is C35H50FN3O7S. The van der Waals surface area contributed by atoms with Crippen LogP contribution in [-0.2, 0) is 19.6 Å². The topological polar surface area (TPSA) is 125 Å². The van der Waals surface area contributed by atoms with Gasteiger partial charge < -0.3 is 24.8 Å². The van der Waals surface area contributed by atoms with Crippen molar-refractivity contribution in [3.63, 3.8) is 0 Å². The second kappa shape index (κ2) is 16.9. The van der Waals surface area contributed by atoms with Gasteiger partial charge in [-0.25, -0.2) is 12.8 Å². The Hall–Kier alpha value is -3.06. The molecule has 2 aromatic rings. The molecule has 2 aromatic carbocycles. The number of amides is 2. The van der Waals surface area contributed by atoms with Gasteiger partial charge in [0.2, 0.25) is 15.9 Å². The van der Waals surface area contributed by atoms with Crippen molar-refractivity contribution in [1.29, 1.82) is 0 Å². The van der Waals surface area contributed by atoms with Crippen LogP contribution in [0.25, 0.3) is 0 Å². The molecule has 1 aliphatic heterocycles. The summed E-state index contributed by atoms with van der Waals surface area (Å²) in [6.07, 6.45) is 6.29. The highest BCUT2D eigenvalue weighted by atomic mass is 32.2. The Labute approximate surface area is 278 Å². The number of hydrogen-bond acceptors (Lipinski definition) is 7. The Balaban J connectivity index is 1.62. The summed E-state index contributed by atoms with van der Waals surface area (Å²) in [5.41, 5.74) is 0.778. The molecule has 2 aliphatic rings. The summed E-state index contributed by atoms with van der Waals surface area (Å²) in [5, 5.41) is 13.2. The first kappa shape index (κ1) is 36.8. The van der Waals surface area contributed by atoms with Gasteiger partial charge >= 0.3 is 0 Å². The first-order valence-corrected chi connectivity index (χ1v) is 18.2. The van der Waals surface area contributed by atoms with Crippen LogP contribution in [0.4, 0.5) is 10.1 Å². The summed E-state index contributed by atoms with van der Waals surface area (Å²) in [5.74, 6) is -0.968. The standard InChI is InChI=1S/C35H50FN3O7S/c1-24-21-39(25(2)23-40)35(42)31-20-29(37-34(41)27-11-6-5-7-12-27)15-18-32(31)46-26(3)10-8-9-19-45-33(24)22-38(4)47(43,44)30-16-13-28(36)14-17-30/h13-18,20,24-27,33,40H,5-12,19,21-23H2,1-4H3,(H,37,41)/t24-,25-,26-,33+/m1/s1. The summed E-state index contributed by atoms with van der Waals surface area (Å²) in [6.45, 7) is 5.82. The van der Waals surface area contributed by atoms with E-state index in [1.807, 2.05) is 13.8 Å². The van der Waals surface area contributed by atoms with Crippen molar-refractivity contribution in [3.8, 4) is 5.75 Å². The second-order valence-electron chi connectivity index (χ2n) is 13.1. The highest BCUT2D eigenvalue weighted by Crippen LogP contribution is 2.30. The minimum atomic E-state index is -3.94. The highest BCUT2D eigenvalue weighted by Gasteiger charge is 2.33. The largest absolute Gasteiger partial charge is 0.490 e. The van der Waals surface area contributed by atoms with Crippen LogP contribution in [0.5, 0.6) is 5.75 Å². The van der Waals surface area contributed by atoms with Crippen LogP contribution in [0.3, 0.4) is 0 Å². The first-order chi connectivity index (χ1) is 22.4. The number of fused-ring (bicyclic) bond motifs is 1. The van der Waals surface area contributed by atoms with Crippen molar-refractivity contribution in [1.82, 2.24) is 9.21 Å². The van der Waals surface area contributed by atoms with Crippen LogP contribution in [0, 0.1) is 17.7 Å². The number of carbonyl (C=O) groups is 2. The molecule has 2 N–H and O–H groups in total.